The Morgan fingerprint density at radius 3 is 3.17 bits per heavy atom. The Morgan fingerprint density at radius 1 is 1.56 bits per heavy atom. The molecule has 1 fully saturated rings. The van der Waals surface area contributed by atoms with Crippen LogP contribution < -0.4 is 10.6 Å². The van der Waals surface area contributed by atoms with Gasteiger partial charge in [0, 0.05) is 19.8 Å². The van der Waals surface area contributed by atoms with Gasteiger partial charge in [0.15, 0.2) is 0 Å². The Balaban J connectivity index is 1.90. The number of nitrogens with zero attached hydrogens (tertiary/aromatic N) is 1. The summed E-state index contributed by atoms with van der Waals surface area (Å²) in [7, 11) is 1.76. The van der Waals surface area contributed by atoms with E-state index in [-0.39, 0.29) is 12.0 Å². The van der Waals surface area contributed by atoms with Crippen molar-refractivity contribution in [3.8, 4) is 0 Å². The molecule has 0 saturated carbocycles. The molecule has 6 nitrogen and oxygen atoms in total. The molecule has 2 heterocycles. The molecule has 1 atom stereocenters. The van der Waals surface area contributed by atoms with Gasteiger partial charge in [-0.25, -0.2) is 0 Å². The second kappa shape index (κ2) is 6.32. The van der Waals surface area contributed by atoms with Crippen LogP contribution in [0.2, 0.25) is 0 Å². The minimum atomic E-state index is -0.143. The molecule has 2 N–H and O–H groups in total. The van der Waals surface area contributed by atoms with Crippen molar-refractivity contribution in [1.82, 2.24) is 10.3 Å². The second-order valence-electron chi connectivity index (χ2n) is 3.95. The van der Waals surface area contributed by atoms with Crippen LogP contribution in [0.4, 0.5) is 5.69 Å². The van der Waals surface area contributed by atoms with Crippen molar-refractivity contribution in [2.45, 2.75) is 6.10 Å². The lowest BCUT2D eigenvalue weighted by atomic mass is 10.2. The minimum absolute atomic E-state index is 0.0671. The number of anilines is 1. The maximum Gasteiger partial charge on any atom is 0.253 e. The number of rotatable bonds is 4. The van der Waals surface area contributed by atoms with Crippen molar-refractivity contribution in [2.75, 3.05) is 38.7 Å². The molecule has 1 saturated heterocycles. The van der Waals surface area contributed by atoms with Crippen LogP contribution in [0.5, 0.6) is 0 Å². The first-order chi connectivity index (χ1) is 8.81. The third-order valence-corrected chi connectivity index (χ3v) is 2.71. The van der Waals surface area contributed by atoms with Crippen LogP contribution in [0.1, 0.15) is 10.4 Å². The van der Waals surface area contributed by atoms with Gasteiger partial charge in [0.1, 0.15) is 0 Å². The Hall–Kier alpha value is -1.66. The van der Waals surface area contributed by atoms with Gasteiger partial charge in [-0.3, -0.25) is 9.78 Å². The molecule has 1 aromatic rings. The molecule has 0 spiro atoms. The van der Waals surface area contributed by atoms with Crippen LogP contribution in [0, 0.1) is 0 Å². The van der Waals surface area contributed by atoms with Crippen molar-refractivity contribution in [3.05, 3.63) is 24.0 Å². The number of aromatic nitrogens is 1. The van der Waals surface area contributed by atoms with E-state index in [2.05, 4.69) is 15.6 Å². The Labute approximate surface area is 106 Å². The molecule has 1 aromatic heterocycles. The maximum atomic E-state index is 12.0. The fourth-order valence-corrected chi connectivity index (χ4v) is 1.75. The molecule has 1 aliphatic heterocycles. The van der Waals surface area contributed by atoms with E-state index in [1.807, 2.05) is 0 Å². The van der Waals surface area contributed by atoms with E-state index in [9.17, 15) is 4.79 Å². The first-order valence-electron chi connectivity index (χ1n) is 5.90. The number of amides is 1. The van der Waals surface area contributed by atoms with Gasteiger partial charge in [-0.15, -0.1) is 0 Å². The summed E-state index contributed by atoms with van der Waals surface area (Å²) in [4.78, 5) is 16.0. The van der Waals surface area contributed by atoms with E-state index in [1.54, 1.807) is 25.5 Å². The summed E-state index contributed by atoms with van der Waals surface area (Å²) in [6.07, 6.45) is 3.15. The van der Waals surface area contributed by atoms with E-state index in [1.165, 1.54) is 0 Å². The zero-order valence-corrected chi connectivity index (χ0v) is 10.3. The smallest absolute Gasteiger partial charge is 0.253 e. The summed E-state index contributed by atoms with van der Waals surface area (Å²) < 4.78 is 10.7. The van der Waals surface area contributed by atoms with Crippen LogP contribution in [0.25, 0.3) is 0 Å². The normalized spacial score (nSPS) is 19.3. The van der Waals surface area contributed by atoms with Gasteiger partial charge in [0.25, 0.3) is 5.91 Å². The van der Waals surface area contributed by atoms with E-state index < -0.39 is 0 Å². The van der Waals surface area contributed by atoms with E-state index >= 15 is 0 Å². The Kier molecular flexibility index (Phi) is 4.49. The number of carbonyl (C=O) groups excluding carboxylic acids is 1. The first kappa shape index (κ1) is 12.8. The predicted molar refractivity (Wildman–Crippen MR) is 66.7 cm³/mol. The minimum Gasteiger partial charge on any atom is -0.386 e. The highest BCUT2D eigenvalue weighted by Gasteiger charge is 2.16. The molecular formula is C12H17N3O3. The zero-order valence-electron chi connectivity index (χ0n) is 10.3. The quantitative estimate of drug-likeness (QED) is 0.803. The molecule has 0 aliphatic carbocycles. The summed E-state index contributed by atoms with van der Waals surface area (Å²) >= 11 is 0. The number of nitrogens with one attached hydrogen (secondary N) is 2. The van der Waals surface area contributed by atoms with Crippen LogP contribution in [-0.2, 0) is 9.47 Å². The highest BCUT2D eigenvalue weighted by atomic mass is 16.6. The van der Waals surface area contributed by atoms with Crippen LogP contribution >= 0.6 is 0 Å². The monoisotopic (exact) mass is 251 g/mol. The Morgan fingerprint density at radius 2 is 2.44 bits per heavy atom. The van der Waals surface area contributed by atoms with E-state index in [0.29, 0.717) is 37.6 Å². The summed E-state index contributed by atoms with van der Waals surface area (Å²) in [6.45, 7) is 2.18. The van der Waals surface area contributed by atoms with Gasteiger partial charge in [-0.2, -0.15) is 0 Å². The molecule has 0 aromatic carbocycles. The van der Waals surface area contributed by atoms with Crippen molar-refractivity contribution in [1.29, 1.82) is 0 Å². The van der Waals surface area contributed by atoms with Gasteiger partial charge in [-0.05, 0) is 6.07 Å². The molecule has 1 aliphatic rings. The number of hydrogen-bond donors (Lipinski definition) is 2. The van der Waals surface area contributed by atoms with Gasteiger partial charge in [-0.1, -0.05) is 0 Å². The molecule has 0 radical (unpaired) electrons. The molecule has 2 rings (SSSR count). The average Bonchev–Trinajstić information content (AvgIpc) is 2.45. The first-order valence-corrected chi connectivity index (χ1v) is 5.90. The van der Waals surface area contributed by atoms with Crippen molar-refractivity contribution in [3.63, 3.8) is 0 Å². The number of ether oxygens (including phenoxy) is 2. The maximum absolute atomic E-state index is 12.0. The summed E-state index contributed by atoms with van der Waals surface area (Å²) in [5.41, 5.74) is 1.28. The highest BCUT2D eigenvalue weighted by molar-refractivity contribution is 5.99. The van der Waals surface area contributed by atoms with Crippen molar-refractivity contribution < 1.29 is 14.3 Å². The molecular weight excluding hydrogens is 234 g/mol. The fraction of sp³-hybridized carbons (Fsp3) is 0.500. The third-order valence-electron chi connectivity index (χ3n) is 2.71. The van der Waals surface area contributed by atoms with Gasteiger partial charge in [0.2, 0.25) is 0 Å². The standard InChI is InChI=1S/C12H17N3O3/c1-13-11-7-14-3-2-10(11)12(16)15-6-9-8-17-4-5-18-9/h2-3,7,9,13H,4-6,8H2,1H3,(H,15,16). The zero-order chi connectivity index (χ0) is 12.8. The van der Waals surface area contributed by atoms with E-state index in [0.717, 1.165) is 0 Å². The second-order valence-corrected chi connectivity index (χ2v) is 3.95. The van der Waals surface area contributed by atoms with Gasteiger partial charge < -0.3 is 20.1 Å². The van der Waals surface area contributed by atoms with Gasteiger partial charge >= 0.3 is 0 Å². The lowest BCUT2D eigenvalue weighted by molar-refractivity contribution is -0.0855. The summed E-state index contributed by atoms with van der Waals surface area (Å²) in [5, 5.41) is 5.77. The van der Waals surface area contributed by atoms with Gasteiger partial charge in [0.05, 0.1) is 43.4 Å². The van der Waals surface area contributed by atoms with Crippen LogP contribution in [0.15, 0.2) is 18.5 Å². The lowest BCUT2D eigenvalue weighted by Crippen LogP contribution is -2.39. The SMILES string of the molecule is CNc1cnccc1C(=O)NCC1COCCO1. The predicted octanol–water partition coefficient (Wildman–Crippen LogP) is 0.268. The number of pyridine rings is 1. The fourth-order valence-electron chi connectivity index (χ4n) is 1.75. The topological polar surface area (TPSA) is 72.5 Å². The number of hydrogen-bond acceptors (Lipinski definition) is 5. The number of carbonyl (C=O) groups is 1. The van der Waals surface area contributed by atoms with Crippen molar-refractivity contribution >= 4 is 11.6 Å². The van der Waals surface area contributed by atoms with Crippen LogP contribution in [0.3, 0.4) is 0 Å². The summed E-state index contributed by atoms with van der Waals surface area (Å²) in [6, 6.07) is 1.68. The van der Waals surface area contributed by atoms with Crippen LogP contribution in [-0.4, -0.2) is 50.4 Å². The Bertz CT molecular complexity index is 405. The molecule has 6 heteroatoms. The molecule has 0 bridgehead atoms. The average molecular weight is 251 g/mol. The third kappa shape index (κ3) is 3.18. The molecule has 18 heavy (non-hydrogen) atoms. The van der Waals surface area contributed by atoms with E-state index in [4.69, 9.17) is 9.47 Å². The summed E-state index contributed by atoms with van der Waals surface area (Å²) in [5.74, 6) is -0.143. The molecule has 1 unspecified atom stereocenters. The van der Waals surface area contributed by atoms with Crippen molar-refractivity contribution in [2.24, 2.45) is 0 Å². The largest absolute Gasteiger partial charge is 0.386 e. The highest BCUT2D eigenvalue weighted by Crippen LogP contribution is 2.12. The lowest BCUT2D eigenvalue weighted by Gasteiger charge is -2.23. The molecule has 1 amide bonds. The molecule has 98 valence electrons.